The third kappa shape index (κ3) is 1.73. The predicted molar refractivity (Wildman–Crippen MR) is 51.5 cm³/mol. The lowest BCUT2D eigenvalue weighted by atomic mass is 10.2. The van der Waals surface area contributed by atoms with Crippen molar-refractivity contribution in [3.63, 3.8) is 0 Å². The molecule has 0 amide bonds. The first-order valence-electron chi connectivity index (χ1n) is 3.93. The van der Waals surface area contributed by atoms with Gasteiger partial charge in [-0.1, -0.05) is 11.6 Å². The van der Waals surface area contributed by atoms with Gasteiger partial charge in [-0.05, 0) is 6.07 Å². The molecular formula is C9H4ClFN2O2. The summed E-state index contributed by atoms with van der Waals surface area (Å²) in [5, 5.41) is 9.07. The van der Waals surface area contributed by atoms with E-state index in [-0.39, 0.29) is 16.4 Å². The molecule has 0 bridgehead atoms. The summed E-state index contributed by atoms with van der Waals surface area (Å²) in [6.07, 6.45) is 1.29. The summed E-state index contributed by atoms with van der Waals surface area (Å²) in [5.74, 6) is -2.27. The van der Waals surface area contributed by atoms with Crippen molar-refractivity contribution in [3.8, 4) is 0 Å². The minimum atomic E-state index is -1.26. The summed E-state index contributed by atoms with van der Waals surface area (Å²) in [4.78, 5) is 17.8. The number of hydrogen-bond donors (Lipinski definition) is 1. The molecule has 0 aliphatic rings. The first-order chi connectivity index (χ1) is 7.08. The molecule has 4 nitrogen and oxygen atoms in total. The van der Waals surface area contributed by atoms with Crippen LogP contribution in [0.15, 0.2) is 18.3 Å². The lowest BCUT2D eigenvalue weighted by molar-refractivity contribution is 0.0684. The minimum Gasteiger partial charge on any atom is -0.475 e. The Labute approximate surface area is 88.3 Å². The number of nitrogens with zero attached hydrogens (tertiary/aromatic N) is 2. The third-order valence-electron chi connectivity index (χ3n) is 1.81. The van der Waals surface area contributed by atoms with Crippen LogP contribution in [0.4, 0.5) is 4.39 Å². The molecule has 0 saturated carbocycles. The van der Waals surface area contributed by atoms with Gasteiger partial charge in [0.05, 0.1) is 10.5 Å². The van der Waals surface area contributed by atoms with Gasteiger partial charge >= 0.3 is 5.97 Å². The van der Waals surface area contributed by atoms with E-state index in [1.165, 1.54) is 12.3 Å². The van der Waals surface area contributed by atoms with Gasteiger partial charge in [0.25, 0.3) is 0 Å². The van der Waals surface area contributed by atoms with Crippen molar-refractivity contribution < 1.29 is 14.3 Å². The maximum absolute atomic E-state index is 13.0. The zero-order valence-corrected chi connectivity index (χ0v) is 7.99. The number of carboxylic acids is 1. The van der Waals surface area contributed by atoms with Crippen LogP contribution in [0, 0.1) is 5.82 Å². The molecule has 0 fully saturated rings. The van der Waals surface area contributed by atoms with E-state index in [0.717, 1.165) is 6.07 Å². The van der Waals surface area contributed by atoms with Crippen LogP contribution in [-0.2, 0) is 0 Å². The van der Waals surface area contributed by atoms with E-state index < -0.39 is 11.8 Å². The normalized spacial score (nSPS) is 10.5. The number of hydrogen-bond acceptors (Lipinski definition) is 3. The molecule has 1 aromatic heterocycles. The molecule has 0 aliphatic carbocycles. The van der Waals surface area contributed by atoms with Gasteiger partial charge < -0.3 is 5.11 Å². The number of carbonyl (C=O) groups is 1. The highest BCUT2D eigenvalue weighted by Crippen LogP contribution is 2.20. The molecule has 76 valence electrons. The Bertz CT molecular complexity index is 559. The van der Waals surface area contributed by atoms with Gasteiger partial charge in [0.15, 0.2) is 0 Å². The van der Waals surface area contributed by atoms with Crippen molar-refractivity contribution in [3.05, 3.63) is 35.0 Å². The highest BCUT2D eigenvalue weighted by molar-refractivity contribution is 6.31. The molecule has 0 atom stereocenters. The summed E-state index contributed by atoms with van der Waals surface area (Å²) in [6, 6.07) is 2.42. The SMILES string of the molecule is O=C(O)c1ncc2cc(Cl)c(F)cc2n1. The van der Waals surface area contributed by atoms with Gasteiger partial charge in [0, 0.05) is 17.6 Å². The van der Waals surface area contributed by atoms with Crippen molar-refractivity contribution in [2.45, 2.75) is 0 Å². The maximum atomic E-state index is 13.0. The fourth-order valence-electron chi connectivity index (χ4n) is 1.13. The first kappa shape index (κ1) is 9.79. The van der Waals surface area contributed by atoms with Crippen LogP contribution in [0.25, 0.3) is 10.9 Å². The zero-order chi connectivity index (χ0) is 11.0. The highest BCUT2D eigenvalue weighted by Gasteiger charge is 2.09. The first-order valence-corrected chi connectivity index (χ1v) is 4.31. The van der Waals surface area contributed by atoms with Crippen LogP contribution < -0.4 is 0 Å². The minimum absolute atomic E-state index is 0.0471. The van der Waals surface area contributed by atoms with Crippen LogP contribution >= 0.6 is 11.6 Å². The van der Waals surface area contributed by atoms with E-state index in [2.05, 4.69) is 9.97 Å². The second-order valence-electron chi connectivity index (χ2n) is 2.82. The lowest BCUT2D eigenvalue weighted by Crippen LogP contribution is -2.03. The number of fused-ring (bicyclic) bond motifs is 1. The average Bonchev–Trinajstić information content (AvgIpc) is 2.19. The zero-order valence-electron chi connectivity index (χ0n) is 7.24. The molecule has 0 aliphatic heterocycles. The average molecular weight is 227 g/mol. The van der Waals surface area contributed by atoms with Crippen molar-refractivity contribution in [2.75, 3.05) is 0 Å². The monoisotopic (exact) mass is 226 g/mol. The highest BCUT2D eigenvalue weighted by atomic mass is 35.5. The Morgan fingerprint density at radius 1 is 1.47 bits per heavy atom. The van der Waals surface area contributed by atoms with Crippen LogP contribution in [0.2, 0.25) is 5.02 Å². The number of aromatic nitrogens is 2. The molecule has 1 aromatic carbocycles. The quantitative estimate of drug-likeness (QED) is 0.809. The van der Waals surface area contributed by atoms with Gasteiger partial charge in [-0.15, -0.1) is 0 Å². The fourth-order valence-corrected chi connectivity index (χ4v) is 1.30. The van der Waals surface area contributed by atoms with Gasteiger partial charge in [-0.2, -0.15) is 0 Å². The molecular weight excluding hydrogens is 223 g/mol. The smallest absolute Gasteiger partial charge is 0.373 e. The van der Waals surface area contributed by atoms with Crippen molar-refractivity contribution in [1.29, 1.82) is 0 Å². The molecule has 0 spiro atoms. The number of benzene rings is 1. The van der Waals surface area contributed by atoms with Crippen molar-refractivity contribution >= 4 is 28.5 Å². The van der Waals surface area contributed by atoms with Gasteiger partial charge in [-0.3, -0.25) is 0 Å². The molecule has 0 unspecified atom stereocenters. The van der Waals surface area contributed by atoms with E-state index in [0.29, 0.717) is 5.39 Å². The second-order valence-corrected chi connectivity index (χ2v) is 3.23. The van der Waals surface area contributed by atoms with Crippen LogP contribution in [0.5, 0.6) is 0 Å². The van der Waals surface area contributed by atoms with Crippen molar-refractivity contribution in [2.24, 2.45) is 0 Å². The summed E-state index contributed by atoms with van der Waals surface area (Å²) < 4.78 is 13.0. The molecule has 15 heavy (non-hydrogen) atoms. The standard InChI is InChI=1S/C9H4ClFN2O2/c10-5-1-4-3-12-8(9(14)15)13-7(4)2-6(5)11/h1-3H,(H,14,15). The summed E-state index contributed by atoms with van der Waals surface area (Å²) in [6.45, 7) is 0. The maximum Gasteiger partial charge on any atom is 0.373 e. The number of halogens is 2. The lowest BCUT2D eigenvalue weighted by Gasteiger charge is -1.99. The Balaban J connectivity index is 2.72. The topological polar surface area (TPSA) is 63.1 Å². The van der Waals surface area contributed by atoms with E-state index >= 15 is 0 Å². The van der Waals surface area contributed by atoms with Crippen LogP contribution in [0.3, 0.4) is 0 Å². The van der Waals surface area contributed by atoms with Gasteiger partial charge in [-0.25, -0.2) is 19.2 Å². The molecule has 1 N–H and O–H groups in total. The Morgan fingerprint density at radius 3 is 2.87 bits per heavy atom. The molecule has 2 rings (SSSR count). The summed E-state index contributed by atoms with van der Waals surface area (Å²) in [5.41, 5.74) is 0.212. The van der Waals surface area contributed by atoms with E-state index in [1.807, 2.05) is 0 Å². The van der Waals surface area contributed by atoms with Crippen molar-refractivity contribution in [1.82, 2.24) is 9.97 Å². The third-order valence-corrected chi connectivity index (χ3v) is 2.10. The molecule has 0 radical (unpaired) electrons. The predicted octanol–water partition coefficient (Wildman–Crippen LogP) is 2.12. The molecule has 0 saturated heterocycles. The number of aromatic carboxylic acids is 1. The molecule has 6 heteroatoms. The van der Waals surface area contributed by atoms with Crippen LogP contribution in [-0.4, -0.2) is 21.0 Å². The summed E-state index contributed by atoms with van der Waals surface area (Å²) in [7, 11) is 0. The number of carboxylic acid groups (broad SMARTS) is 1. The van der Waals surface area contributed by atoms with Crippen LogP contribution in [0.1, 0.15) is 10.6 Å². The Morgan fingerprint density at radius 2 is 2.20 bits per heavy atom. The molecule has 1 heterocycles. The second kappa shape index (κ2) is 3.43. The van der Waals surface area contributed by atoms with E-state index in [9.17, 15) is 9.18 Å². The van der Waals surface area contributed by atoms with Gasteiger partial charge in [0.1, 0.15) is 5.82 Å². The van der Waals surface area contributed by atoms with E-state index in [4.69, 9.17) is 16.7 Å². The Kier molecular flexibility index (Phi) is 2.24. The van der Waals surface area contributed by atoms with E-state index in [1.54, 1.807) is 0 Å². The summed E-state index contributed by atoms with van der Waals surface area (Å²) >= 11 is 5.54. The largest absolute Gasteiger partial charge is 0.475 e. The fraction of sp³-hybridized carbons (Fsp3) is 0. The molecule has 2 aromatic rings. The number of rotatable bonds is 1. The van der Waals surface area contributed by atoms with Gasteiger partial charge in [0.2, 0.25) is 5.82 Å². The Hall–Kier alpha value is -1.75.